The van der Waals surface area contributed by atoms with E-state index in [1.807, 2.05) is 13.8 Å². The first kappa shape index (κ1) is 16.3. The predicted octanol–water partition coefficient (Wildman–Crippen LogP) is 2.36. The molecule has 0 bridgehead atoms. The molecule has 0 fully saturated rings. The number of hydrogen-bond acceptors (Lipinski definition) is 3. The van der Waals surface area contributed by atoms with Crippen LogP contribution in [0.4, 0.5) is 13.2 Å². The van der Waals surface area contributed by atoms with Gasteiger partial charge in [0.15, 0.2) is 0 Å². The van der Waals surface area contributed by atoms with E-state index in [2.05, 4.69) is 10.1 Å². The highest BCUT2D eigenvalue weighted by molar-refractivity contribution is 5.81. The Kier molecular flexibility index (Phi) is 5.38. The highest BCUT2D eigenvalue weighted by Gasteiger charge is 2.31. The molecule has 0 saturated carbocycles. The summed E-state index contributed by atoms with van der Waals surface area (Å²) in [4.78, 5) is 11.4. The van der Waals surface area contributed by atoms with Crippen LogP contribution >= 0.6 is 0 Å². The smallest absolute Gasteiger partial charge is 0.406 e. The zero-order valence-corrected chi connectivity index (χ0v) is 11.2. The molecule has 1 atom stereocenters. The zero-order valence-electron chi connectivity index (χ0n) is 11.2. The molecule has 1 unspecified atom stereocenters. The van der Waals surface area contributed by atoms with Gasteiger partial charge in [-0.25, -0.2) is 0 Å². The molecule has 1 rings (SSSR count). The number of nitrogens with one attached hydrogen (secondary N) is 1. The third kappa shape index (κ3) is 5.48. The summed E-state index contributed by atoms with van der Waals surface area (Å²) in [5.74, 6) is -0.617. The van der Waals surface area contributed by atoms with Crippen LogP contribution in [0.2, 0.25) is 0 Å². The van der Waals surface area contributed by atoms with Crippen LogP contribution < -0.4 is 15.8 Å². The molecular formula is C13H17F3N2O2. The zero-order chi connectivity index (χ0) is 15.3. The van der Waals surface area contributed by atoms with Gasteiger partial charge in [-0.2, -0.15) is 0 Å². The highest BCUT2D eigenvalue weighted by atomic mass is 19.4. The number of rotatable bonds is 6. The van der Waals surface area contributed by atoms with E-state index in [9.17, 15) is 18.0 Å². The van der Waals surface area contributed by atoms with Gasteiger partial charge in [0.25, 0.3) is 0 Å². The predicted molar refractivity (Wildman–Crippen MR) is 67.9 cm³/mol. The molecule has 0 aromatic heterocycles. The number of halogens is 3. The molecule has 0 aliphatic heterocycles. The van der Waals surface area contributed by atoms with Crippen molar-refractivity contribution in [1.29, 1.82) is 0 Å². The fourth-order valence-electron chi connectivity index (χ4n) is 1.60. The Bertz CT molecular complexity index is 444. The maximum atomic E-state index is 12.0. The van der Waals surface area contributed by atoms with E-state index >= 15 is 0 Å². The average Bonchev–Trinajstić information content (AvgIpc) is 2.28. The quantitative estimate of drug-likeness (QED) is 0.845. The van der Waals surface area contributed by atoms with Crippen molar-refractivity contribution < 1.29 is 22.7 Å². The minimum Gasteiger partial charge on any atom is -0.406 e. The van der Waals surface area contributed by atoms with Gasteiger partial charge in [0.2, 0.25) is 5.91 Å². The maximum Gasteiger partial charge on any atom is 0.573 e. The fourth-order valence-corrected chi connectivity index (χ4v) is 1.60. The average molecular weight is 290 g/mol. The van der Waals surface area contributed by atoms with Gasteiger partial charge < -0.3 is 15.8 Å². The van der Waals surface area contributed by atoms with Crippen LogP contribution in [0.5, 0.6) is 5.75 Å². The first-order valence-electron chi connectivity index (χ1n) is 6.07. The lowest BCUT2D eigenvalue weighted by Gasteiger charge is -2.18. The van der Waals surface area contributed by atoms with Crippen LogP contribution in [0.1, 0.15) is 25.5 Å². The SMILES string of the molecule is CC(C)CNC(C(N)=O)c1ccc(OC(F)(F)F)cc1. The molecule has 1 aromatic rings. The molecule has 7 heteroatoms. The summed E-state index contributed by atoms with van der Waals surface area (Å²) < 4.78 is 39.8. The second-order valence-corrected chi connectivity index (χ2v) is 4.75. The van der Waals surface area contributed by atoms with Crippen molar-refractivity contribution in [3.8, 4) is 5.75 Å². The number of primary amides is 1. The Hall–Kier alpha value is -1.76. The maximum absolute atomic E-state index is 12.0. The standard InChI is InChI=1S/C13H17F3N2O2/c1-8(2)7-18-11(12(17)19)9-3-5-10(6-4-9)20-13(14,15)16/h3-6,8,11,18H,7H2,1-2H3,(H2,17,19). The van der Waals surface area contributed by atoms with Gasteiger partial charge in [0.1, 0.15) is 11.8 Å². The summed E-state index contributed by atoms with van der Waals surface area (Å²) in [7, 11) is 0. The van der Waals surface area contributed by atoms with Gasteiger partial charge in [0.05, 0.1) is 0 Å². The van der Waals surface area contributed by atoms with Crippen molar-refractivity contribution in [3.05, 3.63) is 29.8 Å². The lowest BCUT2D eigenvalue weighted by Crippen LogP contribution is -2.35. The van der Waals surface area contributed by atoms with Gasteiger partial charge in [-0.3, -0.25) is 4.79 Å². The van der Waals surface area contributed by atoms with E-state index in [4.69, 9.17) is 5.73 Å². The molecule has 4 nitrogen and oxygen atoms in total. The molecule has 0 radical (unpaired) electrons. The Labute approximate surface area is 115 Å². The number of carbonyl (C=O) groups is 1. The normalized spacial score (nSPS) is 13.3. The molecule has 0 heterocycles. The molecule has 0 spiro atoms. The molecule has 112 valence electrons. The molecule has 0 aliphatic rings. The molecule has 20 heavy (non-hydrogen) atoms. The Balaban J connectivity index is 2.80. The van der Waals surface area contributed by atoms with Crippen molar-refractivity contribution in [2.45, 2.75) is 26.3 Å². The monoisotopic (exact) mass is 290 g/mol. The summed E-state index contributed by atoms with van der Waals surface area (Å²) in [5.41, 5.74) is 5.78. The molecule has 3 N–H and O–H groups in total. The second-order valence-electron chi connectivity index (χ2n) is 4.75. The van der Waals surface area contributed by atoms with E-state index in [-0.39, 0.29) is 5.75 Å². The van der Waals surface area contributed by atoms with Crippen LogP contribution in [0.3, 0.4) is 0 Å². The first-order chi connectivity index (χ1) is 9.19. The number of nitrogens with two attached hydrogens (primary N) is 1. The summed E-state index contributed by atoms with van der Waals surface area (Å²) in [6.45, 7) is 4.49. The van der Waals surface area contributed by atoms with Crippen LogP contribution in [-0.4, -0.2) is 18.8 Å². The second kappa shape index (κ2) is 6.60. The number of amides is 1. The third-order valence-corrected chi connectivity index (χ3v) is 2.46. The molecule has 1 amide bonds. The number of hydrogen-bond donors (Lipinski definition) is 2. The number of benzene rings is 1. The van der Waals surface area contributed by atoms with Crippen LogP contribution in [0, 0.1) is 5.92 Å². The van der Waals surface area contributed by atoms with Crippen molar-refractivity contribution >= 4 is 5.91 Å². The molecule has 0 saturated heterocycles. The summed E-state index contributed by atoms with van der Waals surface area (Å²) in [5, 5.41) is 2.97. The number of ether oxygens (including phenoxy) is 1. The van der Waals surface area contributed by atoms with Crippen molar-refractivity contribution in [2.24, 2.45) is 11.7 Å². The van der Waals surface area contributed by atoms with Gasteiger partial charge in [-0.05, 0) is 30.2 Å². The molecule has 0 aliphatic carbocycles. The Morgan fingerprint density at radius 2 is 1.85 bits per heavy atom. The van der Waals surface area contributed by atoms with Crippen molar-refractivity contribution in [3.63, 3.8) is 0 Å². The lowest BCUT2D eigenvalue weighted by molar-refractivity contribution is -0.274. The van der Waals surface area contributed by atoms with Crippen LogP contribution in [0.15, 0.2) is 24.3 Å². The van der Waals surface area contributed by atoms with E-state index in [0.29, 0.717) is 18.0 Å². The van der Waals surface area contributed by atoms with Crippen molar-refractivity contribution in [1.82, 2.24) is 5.32 Å². The van der Waals surface area contributed by atoms with E-state index in [1.54, 1.807) is 0 Å². The first-order valence-corrected chi connectivity index (χ1v) is 6.07. The van der Waals surface area contributed by atoms with Crippen LogP contribution in [0.25, 0.3) is 0 Å². The minimum atomic E-state index is -4.74. The minimum absolute atomic E-state index is 0.310. The van der Waals surface area contributed by atoms with E-state index < -0.39 is 18.3 Å². The highest BCUT2D eigenvalue weighted by Crippen LogP contribution is 2.24. The van der Waals surface area contributed by atoms with Gasteiger partial charge in [-0.15, -0.1) is 13.2 Å². The number of alkyl halides is 3. The summed E-state index contributed by atoms with van der Waals surface area (Å²) in [6.07, 6.45) is -4.74. The summed E-state index contributed by atoms with van der Waals surface area (Å²) >= 11 is 0. The Morgan fingerprint density at radius 3 is 2.25 bits per heavy atom. The summed E-state index contributed by atoms with van der Waals surface area (Å²) in [6, 6.07) is 4.32. The lowest BCUT2D eigenvalue weighted by atomic mass is 10.1. The largest absolute Gasteiger partial charge is 0.573 e. The molecular weight excluding hydrogens is 273 g/mol. The van der Waals surface area contributed by atoms with E-state index in [0.717, 1.165) is 12.1 Å². The topological polar surface area (TPSA) is 64.3 Å². The third-order valence-electron chi connectivity index (χ3n) is 2.46. The van der Waals surface area contributed by atoms with Gasteiger partial charge in [-0.1, -0.05) is 26.0 Å². The van der Waals surface area contributed by atoms with E-state index in [1.165, 1.54) is 12.1 Å². The van der Waals surface area contributed by atoms with Gasteiger partial charge >= 0.3 is 6.36 Å². The molecule has 1 aromatic carbocycles. The number of carbonyl (C=O) groups excluding carboxylic acids is 1. The van der Waals surface area contributed by atoms with Crippen molar-refractivity contribution in [2.75, 3.05) is 6.54 Å². The fraction of sp³-hybridized carbons (Fsp3) is 0.462. The van der Waals surface area contributed by atoms with Crippen LogP contribution in [-0.2, 0) is 4.79 Å². The Morgan fingerprint density at radius 1 is 1.30 bits per heavy atom. The van der Waals surface area contributed by atoms with Gasteiger partial charge in [0, 0.05) is 0 Å².